The van der Waals surface area contributed by atoms with Gasteiger partial charge in [0.05, 0.1) is 0 Å². The topological polar surface area (TPSA) is 0 Å². The minimum absolute atomic E-state index is 0.127. The molecule has 0 unspecified atom stereocenters. The second kappa shape index (κ2) is 3.72. The van der Waals surface area contributed by atoms with Crippen LogP contribution in [0.25, 0.3) is 0 Å². The molecule has 0 fully saturated rings. The van der Waals surface area contributed by atoms with Crippen molar-refractivity contribution in [1.82, 2.24) is 0 Å². The molecule has 0 bridgehead atoms. The Bertz CT molecular complexity index is 228. The molecule has 0 amide bonds. The summed E-state index contributed by atoms with van der Waals surface area (Å²) in [6, 6.07) is 3.86. The van der Waals surface area contributed by atoms with Crippen LogP contribution in [0.1, 0.15) is 5.56 Å². The smallest absolute Gasteiger partial charge is 0.129 e. The van der Waals surface area contributed by atoms with E-state index in [1.165, 1.54) is 18.2 Å². The zero-order valence-electron chi connectivity index (χ0n) is 5.85. The summed E-state index contributed by atoms with van der Waals surface area (Å²) < 4.78 is 25.5. The molecule has 0 radical (unpaired) electrons. The van der Waals surface area contributed by atoms with E-state index in [1.807, 2.05) is 0 Å². The maximum Gasteiger partial charge on any atom is 0.129 e. The van der Waals surface area contributed by atoms with Gasteiger partial charge >= 0.3 is 0 Å². The lowest BCUT2D eigenvalue weighted by molar-refractivity contribution is 0.559. The summed E-state index contributed by atoms with van der Waals surface area (Å²) in [6.07, 6.45) is 0.335. The Kier molecular flexibility index (Phi) is 2.88. The summed E-state index contributed by atoms with van der Waals surface area (Å²) in [5.41, 5.74) is 0.127. The Morgan fingerprint density at radius 3 is 2.18 bits per heavy atom. The first-order valence-corrected chi connectivity index (χ1v) is 3.92. The molecule has 0 nitrogen and oxygen atoms in total. The third-order valence-electron chi connectivity index (χ3n) is 1.42. The van der Waals surface area contributed by atoms with Crippen molar-refractivity contribution in [1.29, 1.82) is 0 Å². The number of halogens is 2. The Labute approximate surface area is 69.6 Å². The van der Waals surface area contributed by atoms with Crippen molar-refractivity contribution in [2.75, 3.05) is 5.75 Å². The van der Waals surface area contributed by atoms with Gasteiger partial charge in [-0.3, -0.25) is 0 Å². The number of hydrogen-bond acceptors (Lipinski definition) is 1. The van der Waals surface area contributed by atoms with Crippen LogP contribution in [0.3, 0.4) is 0 Å². The predicted molar refractivity (Wildman–Crippen MR) is 43.9 cm³/mol. The fourth-order valence-corrected chi connectivity index (χ4v) is 1.11. The lowest BCUT2D eigenvalue weighted by Crippen LogP contribution is -1.95. The maximum atomic E-state index is 12.8. The highest BCUT2D eigenvalue weighted by atomic mass is 32.1. The van der Waals surface area contributed by atoms with Gasteiger partial charge in [0, 0.05) is 5.56 Å². The van der Waals surface area contributed by atoms with Crippen molar-refractivity contribution < 1.29 is 8.78 Å². The van der Waals surface area contributed by atoms with Gasteiger partial charge in [0.15, 0.2) is 0 Å². The third-order valence-corrected chi connectivity index (χ3v) is 1.65. The molecule has 0 aliphatic carbocycles. The molecule has 0 atom stereocenters. The van der Waals surface area contributed by atoms with E-state index < -0.39 is 11.6 Å². The van der Waals surface area contributed by atoms with Crippen LogP contribution in [0.5, 0.6) is 0 Å². The van der Waals surface area contributed by atoms with Gasteiger partial charge in [0.1, 0.15) is 11.6 Å². The highest BCUT2D eigenvalue weighted by Crippen LogP contribution is 2.12. The molecule has 1 aromatic carbocycles. The largest absolute Gasteiger partial charge is 0.207 e. The van der Waals surface area contributed by atoms with Gasteiger partial charge < -0.3 is 0 Å². The van der Waals surface area contributed by atoms with E-state index in [-0.39, 0.29) is 5.56 Å². The average molecular weight is 174 g/mol. The molecule has 0 spiro atoms. The van der Waals surface area contributed by atoms with E-state index >= 15 is 0 Å². The Hall–Kier alpha value is -0.570. The molecule has 1 aromatic rings. The minimum Gasteiger partial charge on any atom is -0.207 e. The van der Waals surface area contributed by atoms with Crippen molar-refractivity contribution in [3.05, 3.63) is 35.4 Å². The standard InChI is InChI=1S/C8H8F2S/c9-7-2-1-3-8(10)6(7)4-5-11/h1-3,11H,4-5H2. The van der Waals surface area contributed by atoms with Crippen molar-refractivity contribution in [2.24, 2.45) is 0 Å². The van der Waals surface area contributed by atoms with Gasteiger partial charge in [0.2, 0.25) is 0 Å². The molecule has 0 saturated heterocycles. The Morgan fingerprint density at radius 1 is 1.18 bits per heavy atom. The van der Waals surface area contributed by atoms with Crippen LogP contribution in [0.15, 0.2) is 18.2 Å². The zero-order valence-corrected chi connectivity index (χ0v) is 6.74. The van der Waals surface area contributed by atoms with E-state index in [0.717, 1.165) is 0 Å². The minimum atomic E-state index is -0.487. The molecule has 11 heavy (non-hydrogen) atoms. The summed E-state index contributed by atoms with van der Waals surface area (Å²) >= 11 is 3.89. The number of hydrogen-bond donors (Lipinski definition) is 1. The van der Waals surface area contributed by atoms with E-state index in [1.54, 1.807) is 0 Å². The fraction of sp³-hybridized carbons (Fsp3) is 0.250. The fourth-order valence-electron chi connectivity index (χ4n) is 0.883. The van der Waals surface area contributed by atoms with Gasteiger partial charge in [-0.1, -0.05) is 6.07 Å². The van der Waals surface area contributed by atoms with Crippen molar-refractivity contribution >= 4 is 12.6 Å². The van der Waals surface area contributed by atoms with Gasteiger partial charge in [0.25, 0.3) is 0 Å². The molecule has 1 rings (SSSR count). The normalized spacial score (nSPS) is 10.1. The first-order valence-electron chi connectivity index (χ1n) is 3.29. The first kappa shape index (κ1) is 8.53. The van der Waals surface area contributed by atoms with Crippen LogP contribution in [0.2, 0.25) is 0 Å². The molecule has 0 saturated carbocycles. The summed E-state index contributed by atoms with van der Waals surface area (Å²) in [6.45, 7) is 0. The van der Waals surface area contributed by atoms with Crippen LogP contribution in [-0.4, -0.2) is 5.75 Å². The van der Waals surface area contributed by atoms with E-state index in [9.17, 15) is 8.78 Å². The average Bonchev–Trinajstić information content (AvgIpc) is 1.97. The molecule has 60 valence electrons. The molecule has 0 aliphatic heterocycles. The number of thiol groups is 1. The molecule has 0 N–H and O–H groups in total. The lowest BCUT2D eigenvalue weighted by atomic mass is 10.1. The van der Waals surface area contributed by atoms with Crippen LogP contribution in [0, 0.1) is 11.6 Å². The molecule has 3 heteroatoms. The molecule has 0 heterocycles. The van der Waals surface area contributed by atoms with E-state index in [2.05, 4.69) is 12.6 Å². The van der Waals surface area contributed by atoms with Crippen molar-refractivity contribution in [2.45, 2.75) is 6.42 Å². The van der Waals surface area contributed by atoms with E-state index in [0.29, 0.717) is 12.2 Å². The van der Waals surface area contributed by atoms with Crippen LogP contribution in [-0.2, 0) is 6.42 Å². The summed E-state index contributed by atoms with van der Waals surface area (Å²) in [7, 11) is 0. The molecule has 0 aliphatic rings. The highest BCUT2D eigenvalue weighted by molar-refractivity contribution is 7.80. The third kappa shape index (κ3) is 1.93. The summed E-state index contributed by atoms with van der Waals surface area (Å²) in [5, 5.41) is 0. The molecular formula is C8H8F2S. The van der Waals surface area contributed by atoms with Crippen LogP contribution < -0.4 is 0 Å². The van der Waals surface area contributed by atoms with Gasteiger partial charge in [-0.15, -0.1) is 0 Å². The van der Waals surface area contributed by atoms with Gasteiger partial charge in [-0.25, -0.2) is 8.78 Å². The van der Waals surface area contributed by atoms with E-state index in [4.69, 9.17) is 0 Å². The van der Waals surface area contributed by atoms with Crippen molar-refractivity contribution in [3.63, 3.8) is 0 Å². The second-order valence-corrected chi connectivity index (χ2v) is 2.62. The number of rotatable bonds is 2. The molecular weight excluding hydrogens is 166 g/mol. The monoisotopic (exact) mass is 174 g/mol. The lowest BCUT2D eigenvalue weighted by Gasteiger charge is -2.00. The summed E-state index contributed by atoms with van der Waals surface area (Å²) in [5.74, 6) is -0.518. The quantitative estimate of drug-likeness (QED) is 0.654. The zero-order chi connectivity index (χ0) is 8.27. The van der Waals surface area contributed by atoms with Crippen molar-refractivity contribution in [3.8, 4) is 0 Å². The SMILES string of the molecule is Fc1cccc(F)c1CCS. The second-order valence-electron chi connectivity index (χ2n) is 2.17. The maximum absolute atomic E-state index is 12.8. The summed E-state index contributed by atoms with van der Waals surface area (Å²) in [4.78, 5) is 0. The number of benzene rings is 1. The Balaban J connectivity index is 3.00. The predicted octanol–water partition coefficient (Wildman–Crippen LogP) is 2.44. The van der Waals surface area contributed by atoms with Crippen LogP contribution >= 0.6 is 12.6 Å². The highest BCUT2D eigenvalue weighted by Gasteiger charge is 2.05. The van der Waals surface area contributed by atoms with Gasteiger partial charge in [-0.2, -0.15) is 12.6 Å². The van der Waals surface area contributed by atoms with Crippen LogP contribution in [0.4, 0.5) is 8.78 Å². The Morgan fingerprint density at radius 2 is 1.73 bits per heavy atom. The molecule has 0 aromatic heterocycles. The van der Waals surface area contributed by atoms with Gasteiger partial charge in [-0.05, 0) is 24.3 Å². The first-order chi connectivity index (χ1) is 5.25.